The molecular formula is C15H23N3OS. The summed E-state index contributed by atoms with van der Waals surface area (Å²) in [5.74, 6) is 0.952. The number of hydrogen-bond acceptors (Lipinski definition) is 4. The zero-order chi connectivity index (χ0) is 14.2. The molecule has 0 aliphatic carbocycles. The second-order valence-electron chi connectivity index (χ2n) is 4.79. The van der Waals surface area contributed by atoms with Crippen LogP contribution in [0.1, 0.15) is 37.1 Å². The van der Waals surface area contributed by atoms with Crippen molar-refractivity contribution in [1.29, 1.82) is 0 Å². The van der Waals surface area contributed by atoms with Gasteiger partial charge in [0.25, 0.3) is 0 Å². The van der Waals surface area contributed by atoms with Crippen LogP contribution in [0.3, 0.4) is 0 Å². The number of ether oxygens (including phenoxy) is 1. The third-order valence-electron chi connectivity index (χ3n) is 3.23. The molecule has 0 radical (unpaired) electrons. The number of rotatable bonds is 9. The molecule has 0 aliphatic rings. The van der Waals surface area contributed by atoms with Crippen LogP contribution < -0.4 is 5.32 Å². The summed E-state index contributed by atoms with van der Waals surface area (Å²) in [7, 11) is 1.74. The first-order valence-corrected chi connectivity index (χ1v) is 8.03. The maximum atomic E-state index is 5.11. The normalized spacial score (nSPS) is 12.5. The van der Waals surface area contributed by atoms with Crippen molar-refractivity contribution in [3.8, 4) is 0 Å². The average molecular weight is 293 g/mol. The summed E-state index contributed by atoms with van der Waals surface area (Å²) in [6.07, 6.45) is 7.15. The number of anilines is 1. The first kappa shape index (κ1) is 15.1. The molecule has 0 fully saturated rings. The minimum atomic E-state index is 0.351. The van der Waals surface area contributed by atoms with Crippen LogP contribution in [0.5, 0.6) is 0 Å². The monoisotopic (exact) mass is 293 g/mol. The van der Waals surface area contributed by atoms with Gasteiger partial charge in [-0.05, 0) is 24.3 Å². The predicted molar refractivity (Wildman–Crippen MR) is 84.3 cm³/mol. The number of nitrogens with zero attached hydrogens (tertiary/aromatic N) is 2. The van der Waals surface area contributed by atoms with Gasteiger partial charge in [0.1, 0.15) is 0 Å². The van der Waals surface area contributed by atoms with Gasteiger partial charge in [0.05, 0.1) is 6.04 Å². The molecule has 1 N–H and O–H groups in total. The quantitative estimate of drug-likeness (QED) is 0.712. The highest BCUT2D eigenvalue weighted by Crippen LogP contribution is 2.26. The molecule has 4 nitrogen and oxygen atoms in total. The fourth-order valence-electron chi connectivity index (χ4n) is 2.23. The molecule has 1 unspecified atom stereocenters. The van der Waals surface area contributed by atoms with Gasteiger partial charge in [0.2, 0.25) is 5.95 Å². The fraction of sp³-hybridized carbons (Fsp3) is 0.533. The average Bonchev–Trinajstić information content (AvgIpc) is 3.10. The van der Waals surface area contributed by atoms with Crippen LogP contribution in [0.2, 0.25) is 0 Å². The van der Waals surface area contributed by atoms with Crippen molar-refractivity contribution >= 4 is 17.3 Å². The third-order valence-corrected chi connectivity index (χ3v) is 4.22. The number of hydrogen-bond donors (Lipinski definition) is 1. The van der Waals surface area contributed by atoms with E-state index in [9.17, 15) is 0 Å². The minimum absolute atomic E-state index is 0.351. The van der Waals surface area contributed by atoms with Gasteiger partial charge >= 0.3 is 0 Å². The van der Waals surface area contributed by atoms with E-state index in [0.717, 1.165) is 38.4 Å². The van der Waals surface area contributed by atoms with E-state index in [0.29, 0.717) is 6.04 Å². The van der Waals surface area contributed by atoms with E-state index in [1.54, 1.807) is 18.4 Å². The second kappa shape index (κ2) is 8.07. The summed E-state index contributed by atoms with van der Waals surface area (Å²) in [6.45, 7) is 3.92. The van der Waals surface area contributed by atoms with Crippen molar-refractivity contribution in [2.45, 2.75) is 38.8 Å². The Labute approximate surface area is 124 Å². The van der Waals surface area contributed by atoms with E-state index in [1.165, 1.54) is 4.88 Å². The molecule has 5 heteroatoms. The van der Waals surface area contributed by atoms with E-state index in [1.807, 2.05) is 12.4 Å². The molecule has 0 spiro atoms. The summed E-state index contributed by atoms with van der Waals surface area (Å²) in [5.41, 5.74) is 0. The Kier molecular flexibility index (Phi) is 6.08. The minimum Gasteiger partial charge on any atom is -0.385 e. The standard InChI is InChI=1S/C15H23N3OS/c1-3-6-13(14-7-4-12-20-14)17-15-16-8-10-18(15)9-5-11-19-2/h4,7-8,10,12-13H,3,5-6,9,11H2,1-2H3,(H,16,17). The topological polar surface area (TPSA) is 39.1 Å². The molecule has 1 atom stereocenters. The maximum absolute atomic E-state index is 5.11. The highest BCUT2D eigenvalue weighted by molar-refractivity contribution is 7.10. The summed E-state index contributed by atoms with van der Waals surface area (Å²) < 4.78 is 7.27. The first-order valence-electron chi connectivity index (χ1n) is 7.15. The second-order valence-corrected chi connectivity index (χ2v) is 5.77. The van der Waals surface area contributed by atoms with Gasteiger partial charge in [0.15, 0.2) is 0 Å². The molecule has 2 aromatic heterocycles. The molecule has 20 heavy (non-hydrogen) atoms. The lowest BCUT2D eigenvalue weighted by molar-refractivity contribution is 0.190. The van der Waals surface area contributed by atoms with E-state index in [2.05, 4.69) is 39.3 Å². The summed E-state index contributed by atoms with van der Waals surface area (Å²) >= 11 is 1.80. The van der Waals surface area contributed by atoms with Gasteiger partial charge in [-0.2, -0.15) is 0 Å². The fourth-order valence-corrected chi connectivity index (χ4v) is 3.04. The number of aromatic nitrogens is 2. The molecule has 0 aromatic carbocycles. The highest BCUT2D eigenvalue weighted by Gasteiger charge is 2.14. The zero-order valence-corrected chi connectivity index (χ0v) is 13.0. The summed E-state index contributed by atoms with van der Waals surface area (Å²) in [4.78, 5) is 5.82. The van der Waals surface area contributed by atoms with Crippen LogP contribution in [0.15, 0.2) is 29.9 Å². The largest absolute Gasteiger partial charge is 0.385 e. The van der Waals surface area contributed by atoms with Crippen molar-refractivity contribution in [3.05, 3.63) is 34.8 Å². The van der Waals surface area contributed by atoms with Crippen LogP contribution >= 0.6 is 11.3 Å². The van der Waals surface area contributed by atoms with Crippen LogP contribution in [0.4, 0.5) is 5.95 Å². The lowest BCUT2D eigenvalue weighted by atomic mass is 10.1. The summed E-state index contributed by atoms with van der Waals surface area (Å²) in [6, 6.07) is 4.65. The molecule has 110 valence electrons. The van der Waals surface area contributed by atoms with Crippen molar-refractivity contribution in [2.24, 2.45) is 0 Å². The van der Waals surface area contributed by atoms with Crippen LogP contribution in [-0.4, -0.2) is 23.3 Å². The van der Waals surface area contributed by atoms with Gasteiger partial charge in [-0.1, -0.05) is 19.4 Å². The van der Waals surface area contributed by atoms with Crippen LogP contribution in [-0.2, 0) is 11.3 Å². The SMILES string of the molecule is CCCC(Nc1nccn1CCCOC)c1cccs1. The Bertz CT molecular complexity index is 481. The van der Waals surface area contributed by atoms with E-state index in [-0.39, 0.29) is 0 Å². The van der Waals surface area contributed by atoms with Crippen LogP contribution in [0, 0.1) is 0 Å². The van der Waals surface area contributed by atoms with Gasteiger partial charge < -0.3 is 14.6 Å². The van der Waals surface area contributed by atoms with Crippen molar-refractivity contribution in [3.63, 3.8) is 0 Å². The van der Waals surface area contributed by atoms with E-state index < -0.39 is 0 Å². The van der Waals surface area contributed by atoms with Gasteiger partial charge in [-0.25, -0.2) is 4.98 Å². The predicted octanol–water partition coefficient (Wildman–Crippen LogP) is 3.93. The maximum Gasteiger partial charge on any atom is 0.203 e. The number of nitrogens with one attached hydrogen (secondary N) is 1. The molecule has 0 saturated carbocycles. The molecule has 0 bridgehead atoms. The van der Waals surface area contributed by atoms with Gasteiger partial charge in [-0.3, -0.25) is 0 Å². The molecule has 0 saturated heterocycles. The molecule has 0 amide bonds. The number of imidazole rings is 1. The highest BCUT2D eigenvalue weighted by atomic mass is 32.1. The smallest absolute Gasteiger partial charge is 0.203 e. The molecule has 0 aliphatic heterocycles. The number of thiophene rings is 1. The molecular weight excluding hydrogens is 270 g/mol. The Morgan fingerprint density at radius 3 is 3.10 bits per heavy atom. The number of methoxy groups -OCH3 is 1. The lowest BCUT2D eigenvalue weighted by Crippen LogP contribution is -2.14. The first-order chi connectivity index (χ1) is 9.85. The molecule has 2 aromatic rings. The zero-order valence-electron chi connectivity index (χ0n) is 12.2. The van der Waals surface area contributed by atoms with Gasteiger partial charge in [0, 0.05) is 37.5 Å². The molecule has 2 rings (SSSR count). The van der Waals surface area contributed by atoms with Gasteiger partial charge in [-0.15, -0.1) is 11.3 Å². The third kappa shape index (κ3) is 4.08. The Morgan fingerprint density at radius 2 is 2.40 bits per heavy atom. The van der Waals surface area contributed by atoms with E-state index >= 15 is 0 Å². The Hall–Kier alpha value is -1.33. The van der Waals surface area contributed by atoms with Crippen molar-refractivity contribution in [2.75, 3.05) is 19.0 Å². The Morgan fingerprint density at radius 1 is 1.50 bits per heavy atom. The van der Waals surface area contributed by atoms with Crippen LogP contribution in [0.25, 0.3) is 0 Å². The van der Waals surface area contributed by atoms with Crippen molar-refractivity contribution < 1.29 is 4.74 Å². The number of aryl methyl sites for hydroxylation is 1. The Balaban J connectivity index is 2.01. The molecule has 2 heterocycles. The lowest BCUT2D eigenvalue weighted by Gasteiger charge is -2.18. The van der Waals surface area contributed by atoms with Crippen molar-refractivity contribution in [1.82, 2.24) is 9.55 Å². The van der Waals surface area contributed by atoms with E-state index in [4.69, 9.17) is 4.74 Å². The summed E-state index contributed by atoms with van der Waals surface area (Å²) in [5, 5.41) is 5.71.